The molecule has 0 aliphatic carbocycles. The molecule has 0 unspecified atom stereocenters. The molecule has 1 aromatic carbocycles. The second-order valence-corrected chi connectivity index (χ2v) is 9.58. The number of nitrogens with one attached hydrogen (secondary N) is 1. The first kappa shape index (κ1) is 21.4. The van der Waals surface area contributed by atoms with Crippen molar-refractivity contribution in [3.05, 3.63) is 72.2 Å². The Morgan fingerprint density at radius 2 is 1.94 bits per heavy atom. The fourth-order valence-electron chi connectivity index (χ4n) is 4.40. The molecule has 1 fully saturated rings. The number of fused-ring (bicyclic) bond motifs is 1. The van der Waals surface area contributed by atoms with Gasteiger partial charge in [0.15, 0.2) is 0 Å². The minimum Gasteiger partial charge on any atom is -0.347 e. The number of rotatable bonds is 5. The van der Waals surface area contributed by atoms with Crippen molar-refractivity contribution in [2.75, 3.05) is 13.1 Å². The lowest BCUT2D eigenvalue weighted by atomic mass is 9.86. The van der Waals surface area contributed by atoms with Gasteiger partial charge in [-0.2, -0.15) is 0 Å². The number of hydrogen-bond acceptors (Lipinski definition) is 4. The van der Waals surface area contributed by atoms with Crippen LogP contribution >= 0.6 is 0 Å². The first-order valence-corrected chi connectivity index (χ1v) is 11.2. The van der Waals surface area contributed by atoms with Crippen LogP contribution in [-0.2, 0) is 11.3 Å². The molecule has 1 saturated heterocycles. The standard InChI is InChI=1S/C26H32N4O/c1-26(2,3)25(31)29-24(23-12-4-5-14-28-23)20-10-8-16-30(18-20)17-19-9-6-13-22-21(19)11-7-15-27-22/h4-7,9,11-15,20,24H,8,10,16-18H2,1-3H3,(H,29,31)/t20-,24+/m0/s1. The summed E-state index contributed by atoms with van der Waals surface area (Å²) < 4.78 is 0. The van der Waals surface area contributed by atoms with Crippen molar-refractivity contribution in [1.82, 2.24) is 20.2 Å². The van der Waals surface area contributed by atoms with E-state index in [0.717, 1.165) is 43.7 Å². The maximum absolute atomic E-state index is 12.9. The Kier molecular flexibility index (Phi) is 6.33. The molecule has 0 spiro atoms. The molecule has 2 atom stereocenters. The Hall–Kier alpha value is -2.79. The number of pyridine rings is 2. The average Bonchev–Trinajstić information content (AvgIpc) is 2.78. The molecule has 5 heteroatoms. The predicted molar refractivity (Wildman–Crippen MR) is 124 cm³/mol. The molecular formula is C26H32N4O. The number of carbonyl (C=O) groups is 1. The third kappa shape index (κ3) is 5.10. The maximum atomic E-state index is 12.9. The van der Waals surface area contributed by atoms with Gasteiger partial charge in [0.2, 0.25) is 5.91 Å². The number of amides is 1. The highest BCUT2D eigenvalue weighted by atomic mass is 16.2. The molecule has 0 saturated carbocycles. The SMILES string of the molecule is CC(C)(C)C(=O)N[C@@H](c1ccccn1)[C@H]1CCCN(Cc2cccc3ncccc23)C1. The predicted octanol–water partition coefficient (Wildman–Crippen LogP) is 4.75. The van der Waals surface area contributed by atoms with E-state index in [4.69, 9.17) is 0 Å². The van der Waals surface area contributed by atoms with Crippen LogP contribution in [0.5, 0.6) is 0 Å². The van der Waals surface area contributed by atoms with Gasteiger partial charge >= 0.3 is 0 Å². The van der Waals surface area contributed by atoms with Crippen molar-refractivity contribution in [2.45, 2.75) is 46.2 Å². The number of carbonyl (C=O) groups excluding carboxylic acids is 1. The van der Waals surface area contributed by atoms with Crippen LogP contribution in [0.2, 0.25) is 0 Å². The quantitative estimate of drug-likeness (QED) is 0.652. The highest BCUT2D eigenvalue weighted by molar-refractivity contribution is 5.82. The van der Waals surface area contributed by atoms with Crippen molar-refractivity contribution >= 4 is 16.8 Å². The number of likely N-dealkylation sites (tertiary alicyclic amines) is 1. The summed E-state index contributed by atoms with van der Waals surface area (Å²) in [5, 5.41) is 4.54. The smallest absolute Gasteiger partial charge is 0.225 e. The van der Waals surface area contributed by atoms with E-state index >= 15 is 0 Å². The van der Waals surface area contributed by atoms with Gasteiger partial charge in [0.1, 0.15) is 0 Å². The van der Waals surface area contributed by atoms with Crippen molar-refractivity contribution < 1.29 is 4.79 Å². The van der Waals surface area contributed by atoms with Crippen molar-refractivity contribution in [2.24, 2.45) is 11.3 Å². The Morgan fingerprint density at radius 1 is 1.10 bits per heavy atom. The Labute approximate surface area is 184 Å². The lowest BCUT2D eigenvalue weighted by Gasteiger charge is -2.38. The van der Waals surface area contributed by atoms with Crippen LogP contribution in [0.25, 0.3) is 10.9 Å². The van der Waals surface area contributed by atoms with Crippen molar-refractivity contribution in [3.63, 3.8) is 0 Å². The summed E-state index contributed by atoms with van der Waals surface area (Å²) in [6.07, 6.45) is 5.86. The van der Waals surface area contributed by atoms with Gasteiger partial charge in [-0.25, -0.2) is 0 Å². The summed E-state index contributed by atoms with van der Waals surface area (Å²) >= 11 is 0. The highest BCUT2D eigenvalue weighted by Crippen LogP contribution is 2.31. The fourth-order valence-corrected chi connectivity index (χ4v) is 4.40. The number of nitrogens with zero attached hydrogens (tertiary/aromatic N) is 3. The minimum atomic E-state index is -0.433. The highest BCUT2D eigenvalue weighted by Gasteiger charge is 2.33. The molecule has 3 heterocycles. The number of benzene rings is 1. The zero-order valence-electron chi connectivity index (χ0n) is 18.7. The van der Waals surface area contributed by atoms with Gasteiger partial charge < -0.3 is 5.32 Å². The van der Waals surface area contributed by atoms with E-state index in [1.165, 1.54) is 10.9 Å². The van der Waals surface area contributed by atoms with Gasteiger partial charge in [-0.1, -0.05) is 45.0 Å². The van der Waals surface area contributed by atoms with Gasteiger partial charge in [0, 0.05) is 36.3 Å². The molecule has 2 aromatic heterocycles. The van der Waals surface area contributed by atoms with Crippen LogP contribution in [0.1, 0.15) is 50.9 Å². The Balaban J connectivity index is 1.55. The first-order chi connectivity index (χ1) is 14.9. The molecule has 1 amide bonds. The number of piperidine rings is 1. The van der Waals surface area contributed by atoms with E-state index in [-0.39, 0.29) is 11.9 Å². The molecule has 0 bridgehead atoms. The van der Waals surface area contributed by atoms with Gasteiger partial charge in [-0.15, -0.1) is 0 Å². The molecule has 31 heavy (non-hydrogen) atoms. The summed E-state index contributed by atoms with van der Waals surface area (Å²) in [5.41, 5.74) is 2.86. The zero-order valence-corrected chi connectivity index (χ0v) is 18.7. The lowest BCUT2D eigenvalue weighted by Crippen LogP contribution is -2.45. The summed E-state index contributed by atoms with van der Waals surface area (Å²) in [6.45, 7) is 8.76. The maximum Gasteiger partial charge on any atom is 0.225 e. The molecule has 5 nitrogen and oxygen atoms in total. The van der Waals surface area contributed by atoms with E-state index in [1.54, 1.807) is 0 Å². The average molecular weight is 417 g/mol. The summed E-state index contributed by atoms with van der Waals surface area (Å²) in [6, 6.07) is 16.4. The lowest BCUT2D eigenvalue weighted by molar-refractivity contribution is -0.130. The topological polar surface area (TPSA) is 58.1 Å². The van der Waals surface area contributed by atoms with Crippen LogP contribution in [0.3, 0.4) is 0 Å². The Morgan fingerprint density at radius 3 is 2.71 bits per heavy atom. The monoisotopic (exact) mass is 416 g/mol. The Bertz CT molecular complexity index is 1020. The van der Waals surface area contributed by atoms with E-state index in [9.17, 15) is 4.79 Å². The number of hydrogen-bond donors (Lipinski definition) is 1. The van der Waals surface area contributed by atoms with Crippen molar-refractivity contribution in [1.29, 1.82) is 0 Å². The molecule has 1 N–H and O–H groups in total. The molecule has 162 valence electrons. The fraction of sp³-hybridized carbons (Fsp3) is 0.423. The largest absolute Gasteiger partial charge is 0.347 e. The zero-order chi connectivity index (χ0) is 21.8. The molecule has 3 aromatic rings. The summed E-state index contributed by atoms with van der Waals surface area (Å²) in [7, 11) is 0. The van der Waals surface area contributed by atoms with Gasteiger partial charge in [-0.3, -0.25) is 19.7 Å². The third-order valence-corrected chi connectivity index (χ3v) is 6.12. The van der Waals surface area contributed by atoms with Crippen LogP contribution in [0.4, 0.5) is 0 Å². The molecule has 1 aliphatic rings. The van der Waals surface area contributed by atoms with Crippen LogP contribution in [0, 0.1) is 11.3 Å². The van der Waals surface area contributed by atoms with Gasteiger partial charge in [0.05, 0.1) is 17.3 Å². The second-order valence-electron chi connectivity index (χ2n) is 9.58. The third-order valence-electron chi connectivity index (χ3n) is 6.12. The van der Waals surface area contributed by atoms with Crippen LogP contribution < -0.4 is 5.32 Å². The summed E-state index contributed by atoms with van der Waals surface area (Å²) in [4.78, 5) is 24.5. The van der Waals surface area contributed by atoms with Crippen LogP contribution in [0.15, 0.2) is 60.9 Å². The van der Waals surface area contributed by atoms with Gasteiger partial charge in [0.25, 0.3) is 0 Å². The molecule has 4 rings (SSSR count). The first-order valence-electron chi connectivity index (χ1n) is 11.2. The van der Waals surface area contributed by atoms with Crippen molar-refractivity contribution in [3.8, 4) is 0 Å². The van der Waals surface area contributed by atoms with Gasteiger partial charge in [-0.05, 0) is 55.1 Å². The molecule has 1 aliphatic heterocycles. The van der Waals surface area contributed by atoms with E-state index in [2.05, 4.69) is 44.5 Å². The van der Waals surface area contributed by atoms with E-state index in [1.807, 2.05) is 57.4 Å². The molecular weight excluding hydrogens is 384 g/mol. The van der Waals surface area contributed by atoms with E-state index < -0.39 is 5.41 Å². The summed E-state index contributed by atoms with van der Waals surface area (Å²) in [5.74, 6) is 0.392. The minimum absolute atomic E-state index is 0.0698. The second kappa shape index (κ2) is 9.15. The normalized spacial score (nSPS) is 18.6. The van der Waals surface area contributed by atoms with Crippen LogP contribution in [-0.4, -0.2) is 33.9 Å². The van der Waals surface area contributed by atoms with E-state index in [0.29, 0.717) is 5.92 Å². The number of aromatic nitrogens is 2. The molecule has 0 radical (unpaired) electrons.